The third-order valence-corrected chi connectivity index (χ3v) is 5.11. The fraction of sp³-hybridized carbons (Fsp3) is 0.0455. The molecule has 0 saturated carbocycles. The Morgan fingerprint density at radius 2 is 1.83 bits per heavy atom. The van der Waals surface area contributed by atoms with Crippen LogP contribution < -0.4 is 10.2 Å². The number of rotatable bonds is 5. The van der Waals surface area contributed by atoms with Crippen LogP contribution in [0.25, 0.3) is 22.3 Å². The quantitative estimate of drug-likeness (QED) is 0.305. The number of fused-ring (bicyclic) bond motifs is 1. The highest BCUT2D eigenvalue weighted by molar-refractivity contribution is 6.42. The summed E-state index contributed by atoms with van der Waals surface area (Å²) in [5.74, 6) is 1.48. The standard InChI is InChI=1S/C22H16Cl2N4O2/c1-30-20-10-13(6-9-19(20)29)12-25-28-22-15-4-2-3-5-18(15)26-21(27-22)14-7-8-16(23)17(24)11-14/h2-12,29H,1H3,(H,26,27,28). The Balaban J connectivity index is 1.70. The lowest BCUT2D eigenvalue weighted by Crippen LogP contribution is -1.99. The second kappa shape index (κ2) is 8.57. The first kappa shape index (κ1) is 19.9. The normalized spacial score (nSPS) is 11.2. The largest absolute Gasteiger partial charge is 0.504 e. The second-order valence-electron chi connectivity index (χ2n) is 6.34. The zero-order valence-corrected chi connectivity index (χ0v) is 17.3. The molecule has 8 heteroatoms. The van der Waals surface area contributed by atoms with Crippen LogP contribution in [0.4, 0.5) is 5.82 Å². The van der Waals surface area contributed by atoms with Crippen LogP contribution in [-0.4, -0.2) is 28.4 Å². The first-order valence-corrected chi connectivity index (χ1v) is 9.69. The zero-order valence-electron chi connectivity index (χ0n) is 15.8. The van der Waals surface area contributed by atoms with Gasteiger partial charge in [0.1, 0.15) is 0 Å². The summed E-state index contributed by atoms with van der Waals surface area (Å²) in [5, 5.41) is 15.7. The number of para-hydroxylation sites is 1. The minimum atomic E-state index is 0.0654. The number of hydrogen-bond donors (Lipinski definition) is 2. The summed E-state index contributed by atoms with van der Waals surface area (Å²) in [6.07, 6.45) is 1.61. The van der Waals surface area contributed by atoms with Gasteiger partial charge in [-0.3, -0.25) is 5.43 Å². The molecule has 6 nitrogen and oxygen atoms in total. The molecule has 0 aliphatic rings. The van der Waals surface area contributed by atoms with Crippen LogP contribution in [0.15, 0.2) is 65.8 Å². The molecule has 2 N–H and O–H groups in total. The van der Waals surface area contributed by atoms with Crippen LogP contribution >= 0.6 is 23.2 Å². The van der Waals surface area contributed by atoms with E-state index in [9.17, 15) is 5.11 Å². The van der Waals surface area contributed by atoms with Gasteiger partial charge in [-0.1, -0.05) is 35.3 Å². The van der Waals surface area contributed by atoms with Gasteiger partial charge in [0.2, 0.25) is 0 Å². The van der Waals surface area contributed by atoms with Crippen LogP contribution in [0.3, 0.4) is 0 Å². The molecule has 0 aliphatic carbocycles. The number of benzene rings is 3. The summed E-state index contributed by atoms with van der Waals surface area (Å²) < 4.78 is 5.12. The van der Waals surface area contributed by atoms with Crippen molar-refractivity contribution in [1.29, 1.82) is 0 Å². The molecule has 4 aromatic rings. The summed E-state index contributed by atoms with van der Waals surface area (Å²) in [7, 11) is 1.49. The number of methoxy groups -OCH3 is 1. The van der Waals surface area contributed by atoms with E-state index in [1.54, 1.807) is 36.5 Å². The van der Waals surface area contributed by atoms with Crippen molar-refractivity contribution in [3.63, 3.8) is 0 Å². The smallest absolute Gasteiger partial charge is 0.162 e. The predicted octanol–water partition coefficient (Wildman–Crippen LogP) is 5.76. The predicted molar refractivity (Wildman–Crippen MR) is 121 cm³/mol. The summed E-state index contributed by atoms with van der Waals surface area (Å²) in [5.41, 5.74) is 5.23. The van der Waals surface area contributed by atoms with Crippen molar-refractivity contribution in [1.82, 2.24) is 9.97 Å². The van der Waals surface area contributed by atoms with Gasteiger partial charge < -0.3 is 9.84 Å². The van der Waals surface area contributed by atoms with Crippen molar-refractivity contribution in [2.45, 2.75) is 0 Å². The van der Waals surface area contributed by atoms with Crippen molar-refractivity contribution in [3.8, 4) is 22.9 Å². The summed E-state index contributed by atoms with van der Waals surface area (Å²) >= 11 is 12.2. The lowest BCUT2D eigenvalue weighted by Gasteiger charge is -2.09. The molecule has 1 aromatic heterocycles. The molecule has 0 amide bonds. The molecule has 0 saturated heterocycles. The highest BCUT2D eigenvalue weighted by Crippen LogP contribution is 2.30. The van der Waals surface area contributed by atoms with Crippen LogP contribution in [0.2, 0.25) is 10.0 Å². The third kappa shape index (κ3) is 4.15. The molecule has 0 unspecified atom stereocenters. The van der Waals surface area contributed by atoms with E-state index in [-0.39, 0.29) is 5.75 Å². The third-order valence-electron chi connectivity index (χ3n) is 4.37. The molecule has 0 aliphatic heterocycles. The van der Waals surface area contributed by atoms with Gasteiger partial charge in [0, 0.05) is 10.9 Å². The first-order chi connectivity index (χ1) is 14.5. The van der Waals surface area contributed by atoms with E-state index in [2.05, 4.69) is 20.5 Å². The number of phenols is 1. The van der Waals surface area contributed by atoms with E-state index in [1.165, 1.54) is 7.11 Å². The second-order valence-corrected chi connectivity index (χ2v) is 7.16. The molecule has 150 valence electrons. The molecule has 0 spiro atoms. The van der Waals surface area contributed by atoms with Crippen LogP contribution in [0, 0.1) is 0 Å². The van der Waals surface area contributed by atoms with E-state index in [0.29, 0.717) is 27.4 Å². The number of aromatic nitrogens is 2. The molecular formula is C22H16Cl2N4O2. The molecule has 1 heterocycles. The van der Waals surface area contributed by atoms with Gasteiger partial charge in [-0.05, 0) is 54.1 Å². The van der Waals surface area contributed by atoms with Crippen molar-refractivity contribution < 1.29 is 9.84 Å². The lowest BCUT2D eigenvalue weighted by atomic mass is 10.2. The average Bonchev–Trinajstić information content (AvgIpc) is 2.76. The fourth-order valence-corrected chi connectivity index (χ4v) is 3.17. The average molecular weight is 439 g/mol. The maximum atomic E-state index is 9.71. The van der Waals surface area contributed by atoms with Gasteiger partial charge in [-0.25, -0.2) is 9.97 Å². The van der Waals surface area contributed by atoms with E-state index in [4.69, 9.17) is 27.9 Å². The van der Waals surface area contributed by atoms with E-state index >= 15 is 0 Å². The van der Waals surface area contributed by atoms with Gasteiger partial charge in [-0.15, -0.1) is 0 Å². The van der Waals surface area contributed by atoms with Crippen LogP contribution in [0.5, 0.6) is 11.5 Å². The molecule has 0 fully saturated rings. The minimum absolute atomic E-state index is 0.0654. The molecule has 0 bridgehead atoms. The number of halogens is 2. The van der Waals surface area contributed by atoms with Crippen molar-refractivity contribution in [3.05, 3.63) is 76.3 Å². The van der Waals surface area contributed by atoms with Gasteiger partial charge >= 0.3 is 0 Å². The number of anilines is 1. The number of hydrogen-bond acceptors (Lipinski definition) is 6. The Kier molecular flexibility index (Phi) is 5.70. The topological polar surface area (TPSA) is 79.6 Å². The monoisotopic (exact) mass is 438 g/mol. The first-order valence-electron chi connectivity index (χ1n) is 8.93. The molecular weight excluding hydrogens is 423 g/mol. The summed E-state index contributed by atoms with van der Waals surface area (Å²) in [4.78, 5) is 9.25. The number of phenolic OH excluding ortho intramolecular Hbond substituents is 1. The lowest BCUT2D eigenvalue weighted by molar-refractivity contribution is 0.373. The van der Waals surface area contributed by atoms with Crippen LogP contribution in [0.1, 0.15) is 5.56 Å². The molecule has 3 aromatic carbocycles. The van der Waals surface area contributed by atoms with E-state index < -0.39 is 0 Å². The van der Waals surface area contributed by atoms with Crippen molar-refractivity contribution in [2.24, 2.45) is 5.10 Å². The Morgan fingerprint density at radius 3 is 2.63 bits per heavy atom. The maximum Gasteiger partial charge on any atom is 0.162 e. The maximum absolute atomic E-state index is 9.71. The highest BCUT2D eigenvalue weighted by atomic mass is 35.5. The molecule has 4 rings (SSSR count). The SMILES string of the molecule is COc1cc(C=NNc2nc(-c3ccc(Cl)c(Cl)c3)nc3ccccc23)ccc1O. The Morgan fingerprint density at radius 1 is 1.00 bits per heavy atom. The summed E-state index contributed by atoms with van der Waals surface area (Å²) in [6, 6.07) is 17.8. The summed E-state index contributed by atoms with van der Waals surface area (Å²) in [6.45, 7) is 0. The van der Waals surface area contributed by atoms with Gasteiger partial charge in [0.25, 0.3) is 0 Å². The fourth-order valence-electron chi connectivity index (χ4n) is 2.87. The Hall–Kier alpha value is -3.35. The molecule has 0 atom stereocenters. The van der Waals surface area contributed by atoms with Gasteiger partial charge in [-0.2, -0.15) is 5.10 Å². The van der Waals surface area contributed by atoms with E-state index in [1.807, 2.05) is 30.3 Å². The number of ether oxygens (including phenoxy) is 1. The number of hydrazone groups is 1. The molecule has 30 heavy (non-hydrogen) atoms. The zero-order chi connectivity index (χ0) is 21.1. The number of aromatic hydroxyl groups is 1. The van der Waals surface area contributed by atoms with Gasteiger partial charge in [0.15, 0.2) is 23.1 Å². The number of nitrogens with zero attached hydrogens (tertiary/aromatic N) is 3. The van der Waals surface area contributed by atoms with Crippen molar-refractivity contribution >= 4 is 46.1 Å². The minimum Gasteiger partial charge on any atom is -0.504 e. The van der Waals surface area contributed by atoms with Crippen molar-refractivity contribution in [2.75, 3.05) is 12.5 Å². The van der Waals surface area contributed by atoms with Crippen LogP contribution in [-0.2, 0) is 0 Å². The Labute approximate surface area is 182 Å². The Bertz CT molecular complexity index is 1260. The highest BCUT2D eigenvalue weighted by Gasteiger charge is 2.10. The van der Waals surface area contributed by atoms with E-state index in [0.717, 1.165) is 22.0 Å². The molecule has 0 radical (unpaired) electrons. The van der Waals surface area contributed by atoms with Gasteiger partial charge in [0.05, 0.1) is 28.9 Å². The number of nitrogens with one attached hydrogen (secondary N) is 1.